The van der Waals surface area contributed by atoms with Crippen LogP contribution in [0.4, 0.5) is 9.39 Å². The van der Waals surface area contributed by atoms with Crippen LogP contribution in [0, 0.1) is 11.7 Å². The summed E-state index contributed by atoms with van der Waals surface area (Å²) in [5, 5.41) is 3.35. The number of hydrogen-bond donors (Lipinski definition) is 1. The van der Waals surface area contributed by atoms with Crippen LogP contribution in [0.2, 0.25) is 0 Å². The van der Waals surface area contributed by atoms with Crippen molar-refractivity contribution >= 4 is 28.2 Å². The predicted molar refractivity (Wildman–Crippen MR) is 123 cm³/mol. The van der Waals surface area contributed by atoms with Gasteiger partial charge in [-0.05, 0) is 73.6 Å². The molecule has 1 unspecified atom stereocenters. The first-order chi connectivity index (χ1) is 15.9. The maximum atomic E-state index is 13.0. The summed E-state index contributed by atoms with van der Waals surface area (Å²) in [4.78, 5) is 26.8. The molecule has 6 nitrogen and oxygen atoms in total. The zero-order chi connectivity index (χ0) is 23.4. The standard InChI is InChI=1S/C25H26FNO5S/c1-3-12-30-25(29)22-19-10-4-15(2)13-21(19)33-24(22)27-23(28)20-11-9-18(32-20)14-31-17-7-5-16(26)6-8-17/h5-9,11,15H,3-4,10,12-14H2,1-2H3,(H,27,28). The molecule has 0 saturated heterocycles. The van der Waals surface area contributed by atoms with E-state index in [0.717, 1.165) is 36.1 Å². The van der Waals surface area contributed by atoms with Crippen molar-refractivity contribution in [1.29, 1.82) is 0 Å². The van der Waals surface area contributed by atoms with Crippen molar-refractivity contribution in [2.75, 3.05) is 11.9 Å². The fourth-order valence-electron chi connectivity index (χ4n) is 3.75. The Morgan fingerprint density at radius 2 is 2.00 bits per heavy atom. The number of rotatable bonds is 8. The van der Waals surface area contributed by atoms with Crippen LogP contribution in [0.5, 0.6) is 5.75 Å². The Kier molecular flexibility index (Phi) is 7.13. The van der Waals surface area contributed by atoms with Gasteiger partial charge in [-0.2, -0.15) is 0 Å². The second-order valence-corrected chi connectivity index (χ2v) is 9.26. The van der Waals surface area contributed by atoms with E-state index in [9.17, 15) is 14.0 Å². The molecule has 2 heterocycles. The first kappa shape index (κ1) is 23.0. The lowest BCUT2D eigenvalue weighted by atomic mass is 9.88. The van der Waals surface area contributed by atoms with Crippen LogP contribution in [0.15, 0.2) is 40.8 Å². The highest BCUT2D eigenvalue weighted by Crippen LogP contribution is 2.40. The zero-order valence-corrected chi connectivity index (χ0v) is 19.4. The number of carbonyl (C=O) groups excluding carboxylic acids is 2. The van der Waals surface area contributed by atoms with Gasteiger partial charge >= 0.3 is 5.97 Å². The Hall–Kier alpha value is -3.13. The summed E-state index contributed by atoms with van der Waals surface area (Å²) in [7, 11) is 0. The molecule has 2 aromatic heterocycles. The molecular weight excluding hydrogens is 445 g/mol. The Balaban J connectivity index is 1.47. The van der Waals surface area contributed by atoms with Crippen molar-refractivity contribution in [2.45, 2.75) is 46.1 Å². The normalized spacial score (nSPS) is 15.1. The van der Waals surface area contributed by atoms with Gasteiger partial charge in [0.25, 0.3) is 5.91 Å². The van der Waals surface area contributed by atoms with E-state index in [1.807, 2.05) is 6.92 Å². The summed E-state index contributed by atoms with van der Waals surface area (Å²) >= 11 is 1.44. The minimum Gasteiger partial charge on any atom is -0.486 e. The van der Waals surface area contributed by atoms with Gasteiger partial charge in [0.1, 0.15) is 28.9 Å². The van der Waals surface area contributed by atoms with E-state index in [4.69, 9.17) is 13.9 Å². The SMILES string of the molecule is CCCOC(=O)c1c(NC(=O)c2ccc(COc3ccc(F)cc3)o2)sc2c1CCC(C)C2. The van der Waals surface area contributed by atoms with Gasteiger partial charge in [0.2, 0.25) is 0 Å². The highest BCUT2D eigenvalue weighted by atomic mass is 32.1. The van der Waals surface area contributed by atoms with Crippen LogP contribution in [-0.4, -0.2) is 18.5 Å². The Labute approximate surface area is 195 Å². The summed E-state index contributed by atoms with van der Waals surface area (Å²) in [6, 6.07) is 8.86. The number of amides is 1. The molecular formula is C25H26FNO5S. The average Bonchev–Trinajstić information content (AvgIpc) is 3.41. The largest absolute Gasteiger partial charge is 0.486 e. The van der Waals surface area contributed by atoms with E-state index in [-0.39, 0.29) is 18.2 Å². The molecule has 3 aromatic rings. The summed E-state index contributed by atoms with van der Waals surface area (Å²) in [6.45, 7) is 4.56. The molecule has 0 aliphatic heterocycles. The number of halogens is 1. The van der Waals surface area contributed by atoms with E-state index in [0.29, 0.717) is 34.6 Å². The summed E-state index contributed by atoms with van der Waals surface area (Å²) in [5.41, 5.74) is 1.46. The van der Waals surface area contributed by atoms with Gasteiger partial charge < -0.3 is 19.2 Å². The molecule has 1 aromatic carbocycles. The van der Waals surface area contributed by atoms with Crippen LogP contribution in [0.3, 0.4) is 0 Å². The number of benzene rings is 1. The fourth-order valence-corrected chi connectivity index (χ4v) is 5.14. The number of thiophene rings is 1. The molecule has 1 N–H and O–H groups in total. The number of hydrogen-bond acceptors (Lipinski definition) is 6. The van der Waals surface area contributed by atoms with Crippen LogP contribution < -0.4 is 10.1 Å². The Bertz CT molecular complexity index is 1130. The van der Waals surface area contributed by atoms with Gasteiger partial charge in [0.05, 0.1) is 12.2 Å². The number of nitrogens with one attached hydrogen (secondary N) is 1. The highest BCUT2D eigenvalue weighted by Gasteiger charge is 2.29. The van der Waals surface area contributed by atoms with Crippen LogP contribution in [0.25, 0.3) is 0 Å². The summed E-state index contributed by atoms with van der Waals surface area (Å²) in [5.74, 6) is 0.403. The third kappa shape index (κ3) is 5.45. The highest BCUT2D eigenvalue weighted by molar-refractivity contribution is 7.17. The molecule has 0 radical (unpaired) electrons. The van der Waals surface area contributed by atoms with Crippen molar-refractivity contribution in [3.8, 4) is 5.75 Å². The number of esters is 1. The van der Waals surface area contributed by atoms with Crippen molar-refractivity contribution in [2.24, 2.45) is 5.92 Å². The van der Waals surface area contributed by atoms with Crippen molar-refractivity contribution < 1.29 is 27.9 Å². The molecule has 33 heavy (non-hydrogen) atoms. The monoisotopic (exact) mass is 471 g/mol. The molecule has 4 rings (SSSR count). The van der Waals surface area contributed by atoms with E-state index >= 15 is 0 Å². The Morgan fingerprint density at radius 1 is 1.21 bits per heavy atom. The molecule has 8 heteroatoms. The van der Waals surface area contributed by atoms with Crippen molar-refractivity contribution in [1.82, 2.24) is 0 Å². The van der Waals surface area contributed by atoms with E-state index < -0.39 is 11.9 Å². The first-order valence-electron chi connectivity index (χ1n) is 11.0. The van der Waals surface area contributed by atoms with Crippen molar-refractivity contribution in [3.05, 3.63) is 69.7 Å². The first-order valence-corrected chi connectivity index (χ1v) is 11.9. The molecule has 0 saturated carbocycles. The number of ether oxygens (including phenoxy) is 2. The molecule has 174 valence electrons. The number of fused-ring (bicyclic) bond motifs is 1. The van der Waals surface area contributed by atoms with E-state index in [2.05, 4.69) is 12.2 Å². The van der Waals surface area contributed by atoms with Gasteiger partial charge in [0.15, 0.2) is 5.76 Å². The second-order valence-electron chi connectivity index (χ2n) is 8.15. The average molecular weight is 472 g/mol. The number of furan rings is 1. The molecule has 1 atom stereocenters. The van der Waals surface area contributed by atoms with Gasteiger partial charge in [-0.25, -0.2) is 9.18 Å². The quantitative estimate of drug-likeness (QED) is 0.408. The second kappa shape index (κ2) is 10.2. The summed E-state index contributed by atoms with van der Waals surface area (Å²) < 4.78 is 29.6. The third-order valence-electron chi connectivity index (χ3n) is 5.46. The van der Waals surface area contributed by atoms with E-state index in [1.54, 1.807) is 12.1 Å². The Morgan fingerprint density at radius 3 is 2.76 bits per heavy atom. The van der Waals surface area contributed by atoms with Crippen molar-refractivity contribution in [3.63, 3.8) is 0 Å². The number of carbonyl (C=O) groups is 2. The summed E-state index contributed by atoms with van der Waals surface area (Å²) in [6.07, 6.45) is 3.41. The third-order valence-corrected chi connectivity index (χ3v) is 6.63. The lowest BCUT2D eigenvalue weighted by Gasteiger charge is -2.18. The molecule has 0 fully saturated rings. The van der Waals surface area contributed by atoms with Crippen LogP contribution in [0.1, 0.15) is 63.8 Å². The topological polar surface area (TPSA) is 77.8 Å². The van der Waals surface area contributed by atoms with Gasteiger partial charge in [-0.3, -0.25) is 4.79 Å². The predicted octanol–water partition coefficient (Wildman–Crippen LogP) is 6.00. The van der Waals surface area contributed by atoms with Gasteiger partial charge in [0, 0.05) is 4.88 Å². The fraction of sp³-hybridized carbons (Fsp3) is 0.360. The minimum absolute atomic E-state index is 0.0959. The van der Waals surface area contributed by atoms with Gasteiger partial charge in [-0.15, -0.1) is 11.3 Å². The van der Waals surface area contributed by atoms with Crippen LogP contribution >= 0.6 is 11.3 Å². The maximum absolute atomic E-state index is 13.0. The van der Waals surface area contributed by atoms with Crippen LogP contribution in [-0.2, 0) is 24.2 Å². The smallest absolute Gasteiger partial charge is 0.341 e. The maximum Gasteiger partial charge on any atom is 0.341 e. The molecule has 0 spiro atoms. The molecule has 1 amide bonds. The molecule has 1 aliphatic rings. The minimum atomic E-state index is -0.445. The lowest BCUT2D eigenvalue weighted by molar-refractivity contribution is 0.0505. The zero-order valence-electron chi connectivity index (χ0n) is 18.6. The molecule has 1 aliphatic carbocycles. The lowest BCUT2D eigenvalue weighted by Crippen LogP contribution is -2.16. The number of anilines is 1. The molecule has 0 bridgehead atoms. The van der Waals surface area contributed by atoms with E-state index in [1.165, 1.54) is 35.6 Å². The van der Waals surface area contributed by atoms with Gasteiger partial charge in [-0.1, -0.05) is 13.8 Å².